The van der Waals surface area contributed by atoms with Gasteiger partial charge >= 0.3 is 0 Å². The van der Waals surface area contributed by atoms with Gasteiger partial charge in [0.2, 0.25) is 11.8 Å². The van der Waals surface area contributed by atoms with Gasteiger partial charge in [-0.1, -0.05) is 38.1 Å². The number of thiophene rings is 1. The highest BCUT2D eigenvalue weighted by Crippen LogP contribution is 2.34. The minimum Gasteiger partial charge on any atom is -0.491 e. The summed E-state index contributed by atoms with van der Waals surface area (Å²) < 4.78 is 6.14. The lowest BCUT2D eigenvalue weighted by molar-refractivity contribution is -0.143. The Morgan fingerprint density at radius 1 is 1.33 bits per heavy atom. The molecule has 0 saturated carbocycles. The maximum atomic E-state index is 13.3. The number of fused-ring (bicyclic) bond motifs is 1. The van der Waals surface area contributed by atoms with E-state index in [1.54, 1.807) is 22.3 Å². The van der Waals surface area contributed by atoms with Gasteiger partial charge in [-0.2, -0.15) is 0 Å². The first kappa shape index (κ1) is 22.1. The molecule has 1 aliphatic rings. The third-order valence-electron chi connectivity index (χ3n) is 5.39. The van der Waals surface area contributed by atoms with Gasteiger partial charge in [0.15, 0.2) is 0 Å². The molecule has 6 heteroatoms. The minimum atomic E-state index is -0.164. The smallest absolute Gasteiger partial charge is 0.242 e. The lowest BCUT2D eigenvalue weighted by Gasteiger charge is -2.37. The average molecular weight is 427 g/mol. The van der Waals surface area contributed by atoms with Gasteiger partial charge in [-0.25, -0.2) is 0 Å². The molecule has 2 aromatic rings. The molecule has 0 bridgehead atoms. The van der Waals surface area contributed by atoms with Crippen LogP contribution in [0.3, 0.4) is 0 Å². The van der Waals surface area contributed by atoms with Crippen LogP contribution in [0, 0.1) is 12.8 Å². The molecular formula is C24H30N2O3S. The van der Waals surface area contributed by atoms with Gasteiger partial charge in [-0.05, 0) is 42.0 Å². The Balaban J connectivity index is 1.79. The summed E-state index contributed by atoms with van der Waals surface area (Å²) in [4.78, 5) is 30.6. The van der Waals surface area contributed by atoms with Crippen molar-refractivity contribution in [2.45, 2.75) is 33.2 Å². The van der Waals surface area contributed by atoms with Gasteiger partial charge in [-0.3, -0.25) is 9.59 Å². The summed E-state index contributed by atoms with van der Waals surface area (Å²) >= 11 is 1.73. The van der Waals surface area contributed by atoms with Crippen LogP contribution in [0.5, 0.6) is 5.75 Å². The minimum absolute atomic E-state index is 0.0378. The molecule has 1 atom stereocenters. The van der Waals surface area contributed by atoms with E-state index in [9.17, 15) is 9.59 Å². The number of rotatable bonds is 8. The number of benzene rings is 1. The van der Waals surface area contributed by atoms with E-state index < -0.39 is 0 Å². The second-order valence-corrected chi connectivity index (χ2v) is 8.89. The summed E-state index contributed by atoms with van der Waals surface area (Å²) in [7, 11) is 0. The molecule has 2 heterocycles. The number of ether oxygens (including phenoxy) is 1. The van der Waals surface area contributed by atoms with Crippen LogP contribution < -0.4 is 4.74 Å². The van der Waals surface area contributed by atoms with Crippen LogP contribution in [-0.4, -0.2) is 47.9 Å². The molecular weight excluding hydrogens is 396 g/mol. The maximum absolute atomic E-state index is 13.3. The molecule has 0 spiro atoms. The fraction of sp³-hybridized carbons (Fsp3) is 0.417. The number of aryl methyl sites for hydroxylation is 1. The SMILES string of the molecule is C=CCN(CC(=O)N1CCc2sccc2C1COc1ccccc1C)C(=O)C(C)C. The van der Waals surface area contributed by atoms with E-state index in [4.69, 9.17) is 4.74 Å². The predicted octanol–water partition coefficient (Wildman–Crippen LogP) is 4.23. The molecule has 1 aromatic heterocycles. The average Bonchev–Trinajstić information content (AvgIpc) is 3.21. The summed E-state index contributed by atoms with van der Waals surface area (Å²) in [5.41, 5.74) is 2.22. The standard InChI is InChI=1S/C24H30N2O3S/c1-5-12-25(24(28)17(2)3)15-23(27)26-13-10-22-19(11-14-30-22)20(26)16-29-21-9-7-6-8-18(21)4/h5-9,11,14,17,20H,1,10,12-13,15-16H2,2-4H3. The van der Waals surface area contributed by atoms with E-state index in [0.29, 0.717) is 19.7 Å². The Labute approximate surface area is 182 Å². The molecule has 5 nitrogen and oxygen atoms in total. The van der Waals surface area contributed by atoms with Crippen LogP contribution in [0.25, 0.3) is 0 Å². The Hall–Kier alpha value is -2.60. The molecule has 2 amide bonds. The lowest BCUT2D eigenvalue weighted by Crippen LogP contribution is -2.48. The molecule has 0 fully saturated rings. The van der Waals surface area contributed by atoms with Crippen LogP contribution >= 0.6 is 11.3 Å². The summed E-state index contributed by atoms with van der Waals surface area (Å²) in [6.45, 7) is 10.9. The largest absolute Gasteiger partial charge is 0.491 e. The fourth-order valence-corrected chi connectivity index (χ4v) is 4.70. The van der Waals surface area contributed by atoms with E-state index in [-0.39, 0.29) is 30.3 Å². The van der Waals surface area contributed by atoms with E-state index in [0.717, 1.165) is 23.3 Å². The van der Waals surface area contributed by atoms with Crippen LogP contribution in [0.4, 0.5) is 0 Å². The fourth-order valence-electron chi connectivity index (χ4n) is 3.77. The van der Waals surface area contributed by atoms with Gasteiger partial charge in [0, 0.05) is 23.9 Å². The number of carbonyl (C=O) groups is 2. The molecule has 1 aromatic carbocycles. The van der Waals surface area contributed by atoms with E-state index in [1.165, 1.54) is 4.88 Å². The lowest BCUT2D eigenvalue weighted by atomic mass is 10.00. The number of nitrogens with zero attached hydrogens (tertiary/aromatic N) is 2. The quantitative estimate of drug-likeness (QED) is 0.594. The van der Waals surface area contributed by atoms with Crippen molar-refractivity contribution in [2.24, 2.45) is 5.92 Å². The van der Waals surface area contributed by atoms with Crippen LogP contribution in [0.15, 0.2) is 48.4 Å². The number of carbonyl (C=O) groups excluding carboxylic acids is 2. The molecule has 1 unspecified atom stereocenters. The van der Waals surface area contributed by atoms with Gasteiger partial charge in [-0.15, -0.1) is 17.9 Å². The van der Waals surface area contributed by atoms with Crippen LogP contribution in [0.1, 0.15) is 35.9 Å². The van der Waals surface area contributed by atoms with E-state index in [2.05, 4.69) is 18.0 Å². The van der Waals surface area contributed by atoms with Crippen molar-refractivity contribution in [3.8, 4) is 5.75 Å². The molecule has 0 N–H and O–H groups in total. The Kier molecular flexibility index (Phi) is 7.32. The van der Waals surface area contributed by atoms with Gasteiger partial charge < -0.3 is 14.5 Å². The molecule has 3 rings (SSSR count). The summed E-state index contributed by atoms with van der Waals surface area (Å²) in [5, 5.41) is 2.08. The van der Waals surface area contributed by atoms with Gasteiger partial charge in [0.1, 0.15) is 18.9 Å². The number of hydrogen-bond donors (Lipinski definition) is 0. The first-order valence-electron chi connectivity index (χ1n) is 10.4. The zero-order valence-corrected chi connectivity index (χ0v) is 18.8. The topological polar surface area (TPSA) is 49.9 Å². The summed E-state index contributed by atoms with van der Waals surface area (Å²) in [6, 6.07) is 9.83. The van der Waals surface area contributed by atoms with Crippen molar-refractivity contribution >= 4 is 23.2 Å². The predicted molar refractivity (Wildman–Crippen MR) is 121 cm³/mol. The second kappa shape index (κ2) is 9.94. The van der Waals surface area contributed by atoms with E-state index >= 15 is 0 Å². The summed E-state index contributed by atoms with van der Waals surface area (Å²) in [5.74, 6) is 0.573. The van der Waals surface area contributed by atoms with Crippen molar-refractivity contribution in [2.75, 3.05) is 26.2 Å². The molecule has 0 aliphatic carbocycles. The van der Waals surface area contributed by atoms with Crippen molar-refractivity contribution in [3.63, 3.8) is 0 Å². The third kappa shape index (κ3) is 4.93. The van der Waals surface area contributed by atoms with Gasteiger partial charge in [0.05, 0.1) is 6.04 Å². The molecule has 0 radical (unpaired) electrons. The first-order chi connectivity index (χ1) is 14.4. The van der Waals surface area contributed by atoms with Crippen LogP contribution in [0.2, 0.25) is 0 Å². The highest BCUT2D eigenvalue weighted by Gasteiger charge is 2.33. The van der Waals surface area contributed by atoms with Crippen molar-refractivity contribution in [1.29, 1.82) is 0 Å². The van der Waals surface area contributed by atoms with Crippen LogP contribution in [-0.2, 0) is 16.0 Å². The first-order valence-corrected chi connectivity index (χ1v) is 11.2. The normalized spacial score (nSPS) is 15.6. The summed E-state index contributed by atoms with van der Waals surface area (Å²) in [6.07, 6.45) is 2.50. The molecule has 160 valence electrons. The highest BCUT2D eigenvalue weighted by atomic mass is 32.1. The highest BCUT2D eigenvalue weighted by molar-refractivity contribution is 7.10. The van der Waals surface area contributed by atoms with Crippen molar-refractivity contribution in [3.05, 3.63) is 64.4 Å². The second-order valence-electron chi connectivity index (χ2n) is 7.89. The van der Waals surface area contributed by atoms with E-state index in [1.807, 2.05) is 49.9 Å². The van der Waals surface area contributed by atoms with Crippen molar-refractivity contribution in [1.82, 2.24) is 9.80 Å². The maximum Gasteiger partial charge on any atom is 0.242 e. The Morgan fingerprint density at radius 3 is 2.80 bits per heavy atom. The Bertz CT molecular complexity index is 905. The monoisotopic (exact) mass is 426 g/mol. The van der Waals surface area contributed by atoms with Crippen molar-refractivity contribution < 1.29 is 14.3 Å². The van der Waals surface area contributed by atoms with Gasteiger partial charge in [0.25, 0.3) is 0 Å². The Morgan fingerprint density at radius 2 is 2.10 bits per heavy atom. The number of hydrogen-bond acceptors (Lipinski definition) is 4. The molecule has 30 heavy (non-hydrogen) atoms. The third-order valence-corrected chi connectivity index (χ3v) is 6.38. The zero-order chi connectivity index (χ0) is 21.7. The zero-order valence-electron chi connectivity index (χ0n) is 18.0. The molecule has 0 saturated heterocycles. The number of para-hydroxylation sites is 1. The molecule has 1 aliphatic heterocycles. The number of amides is 2.